The summed E-state index contributed by atoms with van der Waals surface area (Å²) in [6, 6.07) is 14.5. The molecule has 0 bridgehead atoms. The number of carboxylic acid groups (broad SMARTS) is 1. The number of nitrogens with one attached hydrogen (secondary N) is 2. The Labute approximate surface area is 175 Å². The molecular weight excluding hydrogens is 423 g/mol. The summed E-state index contributed by atoms with van der Waals surface area (Å²) in [5, 5.41) is 14.9. The van der Waals surface area contributed by atoms with E-state index in [1.807, 2.05) is 0 Å². The highest BCUT2D eigenvalue weighted by Crippen LogP contribution is 2.25. The molecule has 0 radical (unpaired) electrons. The lowest BCUT2D eigenvalue weighted by molar-refractivity contribution is 0.0697. The number of anilines is 1. The summed E-state index contributed by atoms with van der Waals surface area (Å²) in [5.74, 6) is -1.19. The first-order valence-electron chi connectivity index (χ1n) is 7.84. The molecule has 3 aromatic rings. The molecule has 2 aromatic carbocycles. The van der Waals surface area contributed by atoms with Crippen LogP contribution in [0.2, 0.25) is 10.0 Å². The number of rotatable bonds is 4. The van der Waals surface area contributed by atoms with Gasteiger partial charge in [-0.3, -0.25) is 10.1 Å². The van der Waals surface area contributed by atoms with Crippen molar-refractivity contribution in [3.63, 3.8) is 0 Å². The van der Waals surface area contributed by atoms with E-state index in [1.165, 1.54) is 24.3 Å². The number of aromatic carboxylic acids is 1. The fraction of sp³-hybridized carbons (Fsp3) is 0. The Morgan fingerprint density at radius 1 is 1.04 bits per heavy atom. The van der Waals surface area contributed by atoms with Crippen molar-refractivity contribution in [3.8, 4) is 11.3 Å². The topological polar surface area (TPSA) is 91.6 Å². The number of amides is 1. The summed E-state index contributed by atoms with van der Waals surface area (Å²) in [7, 11) is 0. The molecular formula is C19H12Cl2N2O4S. The Kier molecular flexibility index (Phi) is 5.99. The van der Waals surface area contributed by atoms with Gasteiger partial charge in [-0.25, -0.2) is 4.79 Å². The number of hydrogen-bond donors (Lipinski definition) is 3. The minimum absolute atomic E-state index is 0.0237. The van der Waals surface area contributed by atoms with Crippen molar-refractivity contribution in [1.82, 2.24) is 5.32 Å². The molecule has 0 spiro atoms. The van der Waals surface area contributed by atoms with E-state index < -0.39 is 11.9 Å². The average molecular weight is 435 g/mol. The quantitative estimate of drug-likeness (QED) is 0.496. The molecule has 3 rings (SSSR count). The zero-order valence-electron chi connectivity index (χ0n) is 14.0. The van der Waals surface area contributed by atoms with E-state index in [9.17, 15) is 9.59 Å². The van der Waals surface area contributed by atoms with Crippen LogP contribution >= 0.6 is 35.4 Å². The zero-order chi connectivity index (χ0) is 20.3. The number of hydrogen-bond acceptors (Lipinski definition) is 4. The van der Waals surface area contributed by atoms with Crippen LogP contribution < -0.4 is 10.6 Å². The van der Waals surface area contributed by atoms with Crippen molar-refractivity contribution in [3.05, 3.63) is 76.0 Å². The number of benzene rings is 2. The van der Waals surface area contributed by atoms with Gasteiger partial charge in [0.2, 0.25) is 0 Å². The van der Waals surface area contributed by atoms with Gasteiger partial charge in [0.05, 0.1) is 10.6 Å². The molecule has 9 heteroatoms. The minimum Gasteiger partial charge on any atom is -0.478 e. The molecule has 1 aromatic heterocycles. The lowest BCUT2D eigenvalue weighted by Gasteiger charge is -2.10. The fourth-order valence-electron chi connectivity index (χ4n) is 2.35. The van der Waals surface area contributed by atoms with Crippen molar-refractivity contribution in [1.29, 1.82) is 0 Å². The average Bonchev–Trinajstić information content (AvgIpc) is 3.13. The van der Waals surface area contributed by atoms with Gasteiger partial charge in [-0.1, -0.05) is 35.3 Å². The van der Waals surface area contributed by atoms with Crippen LogP contribution in [0, 0.1) is 0 Å². The number of carboxylic acids is 1. The molecule has 6 nitrogen and oxygen atoms in total. The summed E-state index contributed by atoms with van der Waals surface area (Å²) in [4.78, 5) is 23.4. The van der Waals surface area contributed by atoms with Gasteiger partial charge in [0.15, 0.2) is 10.9 Å². The van der Waals surface area contributed by atoms with Crippen LogP contribution in [0.25, 0.3) is 11.3 Å². The Hall–Kier alpha value is -2.87. The van der Waals surface area contributed by atoms with Crippen molar-refractivity contribution in [2.24, 2.45) is 0 Å². The van der Waals surface area contributed by atoms with Crippen molar-refractivity contribution < 1.29 is 19.1 Å². The van der Waals surface area contributed by atoms with Crippen LogP contribution in [-0.4, -0.2) is 22.1 Å². The van der Waals surface area contributed by atoms with Gasteiger partial charge in [0, 0.05) is 16.3 Å². The van der Waals surface area contributed by atoms with Gasteiger partial charge < -0.3 is 14.8 Å². The van der Waals surface area contributed by atoms with Gasteiger partial charge in [0.25, 0.3) is 5.91 Å². The van der Waals surface area contributed by atoms with Gasteiger partial charge in [0.1, 0.15) is 5.76 Å². The number of carbonyl (C=O) groups is 2. The summed E-state index contributed by atoms with van der Waals surface area (Å²) in [6.45, 7) is 0. The van der Waals surface area contributed by atoms with E-state index in [0.717, 1.165) is 5.56 Å². The summed E-state index contributed by atoms with van der Waals surface area (Å²) in [6.07, 6.45) is 0. The van der Waals surface area contributed by atoms with E-state index >= 15 is 0 Å². The number of furan rings is 1. The first kappa shape index (κ1) is 19.9. The molecule has 0 saturated carbocycles. The van der Waals surface area contributed by atoms with Gasteiger partial charge in [-0.15, -0.1) is 0 Å². The standard InChI is InChI=1S/C19H12Cl2N2O4S/c20-11-3-1-2-10(8-11)15-6-7-16(27-15)17(24)23-19(28)22-12-4-5-14(21)13(9-12)18(25)26/h1-9H,(H,25,26)(H2,22,23,24,28). The molecule has 142 valence electrons. The molecule has 0 aliphatic heterocycles. The molecule has 0 unspecified atom stereocenters. The molecule has 0 atom stereocenters. The Bertz CT molecular complexity index is 1080. The SMILES string of the molecule is O=C(NC(=S)Nc1ccc(Cl)c(C(=O)O)c1)c1ccc(-c2cccc(Cl)c2)o1. The van der Waals surface area contributed by atoms with Crippen LogP contribution in [0.4, 0.5) is 5.69 Å². The fourth-order valence-corrected chi connectivity index (χ4v) is 2.95. The Balaban J connectivity index is 1.67. The molecule has 28 heavy (non-hydrogen) atoms. The second kappa shape index (κ2) is 8.43. The Morgan fingerprint density at radius 3 is 2.54 bits per heavy atom. The number of thiocarbonyl (C=S) groups is 1. The van der Waals surface area contributed by atoms with Crippen molar-refractivity contribution in [2.75, 3.05) is 5.32 Å². The third-order valence-corrected chi connectivity index (χ3v) is 4.39. The van der Waals surface area contributed by atoms with E-state index in [4.69, 9.17) is 44.9 Å². The van der Waals surface area contributed by atoms with Crippen molar-refractivity contribution >= 4 is 58.1 Å². The third kappa shape index (κ3) is 4.69. The third-order valence-electron chi connectivity index (χ3n) is 3.62. The predicted octanol–water partition coefficient (Wildman–Crippen LogP) is 5.08. The van der Waals surface area contributed by atoms with Gasteiger partial charge >= 0.3 is 5.97 Å². The maximum atomic E-state index is 12.3. The van der Waals surface area contributed by atoms with E-state index in [1.54, 1.807) is 30.3 Å². The molecule has 0 fully saturated rings. The summed E-state index contributed by atoms with van der Waals surface area (Å²) >= 11 is 16.9. The second-order valence-corrected chi connectivity index (χ2v) is 6.83. The molecule has 0 saturated heterocycles. The second-order valence-electron chi connectivity index (χ2n) is 5.58. The lowest BCUT2D eigenvalue weighted by Crippen LogP contribution is -2.33. The Morgan fingerprint density at radius 2 is 1.82 bits per heavy atom. The van der Waals surface area contributed by atoms with E-state index in [-0.39, 0.29) is 21.5 Å². The van der Waals surface area contributed by atoms with Crippen LogP contribution in [0.5, 0.6) is 0 Å². The predicted molar refractivity (Wildman–Crippen MR) is 111 cm³/mol. The van der Waals surface area contributed by atoms with Crippen LogP contribution in [0.15, 0.2) is 59.0 Å². The lowest BCUT2D eigenvalue weighted by atomic mass is 10.2. The summed E-state index contributed by atoms with van der Waals surface area (Å²) < 4.78 is 5.55. The zero-order valence-corrected chi connectivity index (χ0v) is 16.4. The molecule has 1 amide bonds. The minimum atomic E-state index is -1.17. The molecule has 1 heterocycles. The largest absolute Gasteiger partial charge is 0.478 e. The maximum Gasteiger partial charge on any atom is 0.337 e. The molecule has 0 aliphatic carbocycles. The van der Waals surface area contributed by atoms with Crippen LogP contribution in [-0.2, 0) is 0 Å². The normalized spacial score (nSPS) is 10.4. The van der Waals surface area contributed by atoms with Crippen LogP contribution in [0.3, 0.4) is 0 Å². The first-order valence-corrected chi connectivity index (χ1v) is 9.01. The molecule has 3 N–H and O–H groups in total. The smallest absolute Gasteiger partial charge is 0.337 e. The number of carbonyl (C=O) groups excluding carboxylic acids is 1. The van der Waals surface area contributed by atoms with E-state index in [0.29, 0.717) is 16.5 Å². The first-order chi connectivity index (χ1) is 13.3. The highest BCUT2D eigenvalue weighted by atomic mass is 35.5. The highest BCUT2D eigenvalue weighted by molar-refractivity contribution is 7.80. The van der Waals surface area contributed by atoms with Crippen molar-refractivity contribution in [2.45, 2.75) is 0 Å². The monoisotopic (exact) mass is 434 g/mol. The van der Waals surface area contributed by atoms with E-state index in [2.05, 4.69) is 10.6 Å². The van der Waals surface area contributed by atoms with Gasteiger partial charge in [-0.05, 0) is 54.7 Å². The van der Waals surface area contributed by atoms with Gasteiger partial charge in [-0.2, -0.15) is 0 Å². The maximum absolute atomic E-state index is 12.3. The number of halogens is 2. The molecule has 0 aliphatic rings. The highest BCUT2D eigenvalue weighted by Gasteiger charge is 2.15. The summed E-state index contributed by atoms with van der Waals surface area (Å²) in [5.41, 5.74) is 1.01. The van der Waals surface area contributed by atoms with Crippen LogP contribution in [0.1, 0.15) is 20.9 Å².